The number of nitrogens with zero attached hydrogens (tertiary/aromatic N) is 2. The Bertz CT molecular complexity index is 1120. The average molecular weight is 398 g/mol. The van der Waals surface area contributed by atoms with Gasteiger partial charge in [0.15, 0.2) is 0 Å². The molecule has 0 aliphatic heterocycles. The molecule has 7 nitrogen and oxygen atoms in total. The van der Waals surface area contributed by atoms with Crippen molar-refractivity contribution >= 4 is 11.5 Å². The monoisotopic (exact) mass is 398 g/mol. The largest absolute Gasteiger partial charge is 0.488 e. The molecule has 0 aliphatic carbocycles. The van der Waals surface area contributed by atoms with Crippen molar-refractivity contribution < 1.29 is 4.74 Å². The van der Waals surface area contributed by atoms with E-state index >= 15 is 0 Å². The Balaban J connectivity index is 1.45. The quantitative estimate of drug-likeness (QED) is 0.265. The summed E-state index contributed by atoms with van der Waals surface area (Å²) in [5.41, 5.74) is 10.1. The number of hydrogen-bond acceptors (Lipinski definition) is 5. The zero-order valence-corrected chi connectivity index (χ0v) is 16.3. The van der Waals surface area contributed by atoms with Gasteiger partial charge in [0.05, 0.1) is 24.0 Å². The van der Waals surface area contributed by atoms with Crippen LogP contribution in [0, 0.1) is 5.41 Å². The molecule has 0 saturated carbocycles. The zero-order valence-electron chi connectivity index (χ0n) is 16.3. The predicted molar refractivity (Wildman–Crippen MR) is 117 cm³/mol. The molecule has 4 rings (SSSR count). The maximum atomic E-state index is 7.80. The lowest BCUT2D eigenvalue weighted by Gasteiger charge is -2.13. The lowest BCUT2D eigenvalue weighted by molar-refractivity contribution is 0.305. The fourth-order valence-electron chi connectivity index (χ4n) is 3.02. The Kier molecular flexibility index (Phi) is 5.70. The first-order chi connectivity index (χ1) is 14.7. The third-order valence-electron chi connectivity index (χ3n) is 4.56. The van der Waals surface area contributed by atoms with E-state index < -0.39 is 0 Å². The molecule has 0 atom stereocenters. The van der Waals surface area contributed by atoms with Gasteiger partial charge >= 0.3 is 0 Å². The summed E-state index contributed by atoms with van der Waals surface area (Å²) in [6, 6.07) is 19.3. The molecule has 0 amide bonds. The number of aromatic nitrogens is 3. The Morgan fingerprint density at radius 1 is 1.07 bits per heavy atom. The molecule has 7 heteroatoms. The van der Waals surface area contributed by atoms with E-state index in [4.69, 9.17) is 15.9 Å². The number of H-pyrrole nitrogens is 1. The zero-order chi connectivity index (χ0) is 20.8. The van der Waals surface area contributed by atoms with E-state index in [1.807, 2.05) is 60.8 Å². The number of rotatable bonds is 8. The normalized spacial score (nSPS) is 10.5. The topological polar surface area (TPSA) is 113 Å². The van der Waals surface area contributed by atoms with Gasteiger partial charge in [0.25, 0.3) is 0 Å². The molecule has 2 aromatic carbocycles. The molecule has 0 bridgehead atoms. The number of nitrogens with one attached hydrogen (secondary N) is 3. The summed E-state index contributed by atoms with van der Waals surface area (Å²) in [7, 11) is 0. The van der Waals surface area contributed by atoms with Crippen LogP contribution in [0.15, 0.2) is 79.3 Å². The number of hydrogen-bond donors (Lipinski definition) is 4. The number of nitrogens with two attached hydrogens (primary N) is 1. The van der Waals surface area contributed by atoms with Crippen LogP contribution in [-0.4, -0.2) is 20.8 Å². The number of pyridine rings is 1. The Hall–Kier alpha value is -4.13. The minimum Gasteiger partial charge on any atom is -0.488 e. The molecule has 2 heterocycles. The number of ether oxygens (including phenoxy) is 1. The van der Waals surface area contributed by atoms with Gasteiger partial charge in [-0.1, -0.05) is 36.4 Å². The summed E-state index contributed by atoms with van der Waals surface area (Å²) in [5.74, 6) is 1.32. The van der Waals surface area contributed by atoms with E-state index in [2.05, 4.69) is 20.3 Å². The third kappa shape index (κ3) is 4.64. The molecule has 5 N–H and O–H groups in total. The van der Waals surface area contributed by atoms with Crippen LogP contribution in [0.3, 0.4) is 0 Å². The molecule has 0 spiro atoms. The van der Waals surface area contributed by atoms with Crippen LogP contribution in [0.1, 0.15) is 17.0 Å². The van der Waals surface area contributed by atoms with Gasteiger partial charge in [0.2, 0.25) is 0 Å². The van der Waals surface area contributed by atoms with Crippen molar-refractivity contribution in [2.45, 2.75) is 13.2 Å². The van der Waals surface area contributed by atoms with Gasteiger partial charge < -0.3 is 20.8 Å². The average Bonchev–Trinajstić information content (AvgIpc) is 3.27. The highest BCUT2D eigenvalue weighted by Crippen LogP contribution is 2.25. The fraction of sp³-hybridized carbons (Fsp3) is 0.0870. The molecule has 2 aromatic heterocycles. The van der Waals surface area contributed by atoms with Crippen LogP contribution >= 0.6 is 0 Å². The second-order valence-corrected chi connectivity index (χ2v) is 6.74. The van der Waals surface area contributed by atoms with Crippen LogP contribution in [-0.2, 0) is 13.2 Å². The van der Waals surface area contributed by atoms with Gasteiger partial charge in [0, 0.05) is 29.7 Å². The Labute approximate surface area is 174 Å². The first-order valence-electron chi connectivity index (χ1n) is 9.52. The van der Waals surface area contributed by atoms with Crippen LogP contribution < -0.4 is 15.8 Å². The molecule has 0 unspecified atom stereocenters. The molecule has 150 valence electrons. The Morgan fingerprint density at radius 2 is 1.93 bits per heavy atom. The molecule has 0 fully saturated rings. The number of nitrogen functional groups attached to an aromatic ring is 1. The maximum Gasteiger partial charge on any atom is 0.132 e. The predicted octanol–water partition coefficient (Wildman–Crippen LogP) is 3.95. The molecule has 30 heavy (non-hydrogen) atoms. The molecular weight excluding hydrogens is 376 g/mol. The minimum absolute atomic E-state index is 0.0405. The fourth-order valence-corrected chi connectivity index (χ4v) is 3.02. The molecule has 4 aromatic rings. The van der Waals surface area contributed by atoms with E-state index in [1.165, 1.54) is 0 Å². The van der Waals surface area contributed by atoms with Gasteiger partial charge in [-0.3, -0.25) is 10.4 Å². The first kappa shape index (κ1) is 19.2. The standard InChI is InChI=1S/C23H22N6O/c24-23(25)19-9-8-18(11-21(19)30-15-16-5-4-10-26-12-16)27-14-22-28-13-20(29-22)17-6-2-1-3-7-17/h1-13,27H,14-15H2,(H3,24,25)(H,28,29). The summed E-state index contributed by atoms with van der Waals surface area (Å²) in [5, 5.41) is 11.1. The highest BCUT2D eigenvalue weighted by molar-refractivity contribution is 5.98. The molecule has 0 aliphatic rings. The van der Waals surface area contributed by atoms with E-state index in [9.17, 15) is 0 Å². The van der Waals surface area contributed by atoms with Crippen molar-refractivity contribution in [2.75, 3.05) is 5.32 Å². The van der Waals surface area contributed by atoms with E-state index in [0.29, 0.717) is 24.5 Å². The number of anilines is 1. The van der Waals surface area contributed by atoms with E-state index in [1.54, 1.807) is 18.5 Å². The Morgan fingerprint density at radius 3 is 2.70 bits per heavy atom. The van der Waals surface area contributed by atoms with Gasteiger partial charge in [-0.25, -0.2) is 4.98 Å². The van der Waals surface area contributed by atoms with Gasteiger partial charge in [-0.05, 0) is 23.8 Å². The second-order valence-electron chi connectivity index (χ2n) is 6.74. The van der Waals surface area contributed by atoms with Crippen molar-refractivity contribution in [1.82, 2.24) is 15.0 Å². The number of benzene rings is 2. The summed E-state index contributed by atoms with van der Waals surface area (Å²) >= 11 is 0. The summed E-state index contributed by atoms with van der Waals surface area (Å²) in [4.78, 5) is 11.9. The molecule has 0 radical (unpaired) electrons. The van der Waals surface area contributed by atoms with Gasteiger partial charge in [0.1, 0.15) is 24.0 Å². The number of imidazole rings is 1. The van der Waals surface area contributed by atoms with Crippen LogP contribution in [0.5, 0.6) is 5.75 Å². The van der Waals surface area contributed by atoms with Crippen molar-refractivity contribution in [1.29, 1.82) is 5.41 Å². The van der Waals surface area contributed by atoms with Crippen molar-refractivity contribution in [3.8, 4) is 17.0 Å². The van der Waals surface area contributed by atoms with Crippen LogP contribution in [0.2, 0.25) is 0 Å². The SMILES string of the molecule is N=C(N)c1ccc(NCc2ncc(-c3ccccc3)[nH]2)cc1OCc1cccnc1. The molecule has 0 saturated heterocycles. The van der Waals surface area contributed by atoms with E-state index in [0.717, 1.165) is 28.3 Å². The van der Waals surface area contributed by atoms with Crippen LogP contribution in [0.4, 0.5) is 5.69 Å². The summed E-state index contributed by atoms with van der Waals surface area (Å²) in [6.45, 7) is 0.866. The van der Waals surface area contributed by atoms with Crippen LogP contribution in [0.25, 0.3) is 11.3 Å². The lowest BCUT2D eigenvalue weighted by Crippen LogP contribution is -2.13. The van der Waals surface area contributed by atoms with E-state index in [-0.39, 0.29) is 5.84 Å². The van der Waals surface area contributed by atoms with Crippen molar-refractivity contribution in [3.05, 3.63) is 96.2 Å². The first-order valence-corrected chi connectivity index (χ1v) is 9.52. The van der Waals surface area contributed by atoms with Gasteiger partial charge in [-0.15, -0.1) is 0 Å². The molecular formula is C23H22N6O. The smallest absolute Gasteiger partial charge is 0.132 e. The van der Waals surface area contributed by atoms with Crippen molar-refractivity contribution in [3.63, 3.8) is 0 Å². The second kappa shape index (κ2) is 8.91. The number of amidine groups is 1. The highest BCUT2D eigenvalue weighted by Gasteiger charge is 2.10. The lowest BCUT2D eigenvalue weighted by atomic mass is 10.1. The third-order valence-corrected chi connectivity index (χ3v) is 4.56. The summed E-state index contributed by atoms with van der Waals surface area (Å²) < 4.78 is 5.91. The van der Waals surface area contributed by atoms with Crippen molar-refractivity contribution in [2.24, 2.45) is 5.73 Å². The number of aromatic amines is 1. The van der Waals surface area contributed by atoms with Gasteiger partial charge in [-0.2, -0.15) is 0 Å². The summed E-state index contributed by atoms with van der Waals surface area (Å²) in [6.07, 6.45) is 5.29. The minimum atomic E-state index is -0.0405. The highest BCUT2D eigenvalue weighted by atomic mass is 16.5. The maximum absolute atomic E-state index is 7.80.